The molecule has 20 heavy (non-hydrogen) atoms. The van der Waals surface area contributed by atoms with Gasteiger partial charge in [-0.25, -0.2) is 0 Å². The number of hydrogen-bond acceptors (Lipinski definition) is 3. The van der Waals surface area contributed by atoms with Crippen molar-refractivity contribution in [3.8, 4) is 0 Å². The van der Waals surface area contributed by atoms with Gasteiger partial charge in [-0.1, -0.05) is 0 Å². The van der Waals surface area contributed by atoms with Crippen LogP contribution < -0.4 is 5.73 Å². The van der Waals surface area contributed by atoms with Gasteiger partial charge < -0.3 is 10.6 Å². The second-order valence-electron chi connectivity index (χ2n) is 5.36. The number of rotatable bonds is 3. The van der Waals surface area contributed by atoms with Gasteiger partial charge in [0.15, 0.2) is 0 Å². The largest absolute Gasteiger partial charge is 0.366 e. The van der Waals surface area contributed by atoms with Crippen LogP contribution in [0.5, 0.6) is 0 Å². The summed E-state index contributed by atoms with van der Waals surface area (Å²) in [5.41, 5.74) is 6.21. The average molecular weight is 275 g/mol. The predicted octanol–water partition coefficient (Wildman–Crippen LogP) is 0.952. The number of piperazine rings is 1. The van der Waals surface area contributed by atoms with E-state index in [1.54, 1.807) is 24.3 Å². The van der Waals surface area contributed by atoms with E-state index in [1.807, 2.05) is 4.90 Å². The fourth-order valence-corrected chi connectivity index (χ4v) is 2.40. The molecular formula is C15H21N3O2. The summed E-state index contributed by atoms with van der Waals surface area (Å²) in [6.07, 6.45) is 0. The Morgan fingerprint density at radius 3 is 1.95 bits per heavy atom. The Hall–Kier alpha value is -1.88. The summed E-state index contributed by atoms with van der Waals surface area (Å²) >= 11 is 0. The molecule has 5 heteroatoms. The molecule has 5 nitrogen and oxygen atoms in total. The second-order valence-corrected chi connectivity index (χ2v) is 5.36. The molecule has 1 aliphatic heterocycles. The summed E-state index contributed by atoms with van der Waals surface area (Å²) < 4.78 is 0. The standard InChI is InChI=1S/C15H21N3O2/c1-11(2)17-7-9-18(10-8-17)15(20)13-5-3-12(4-6-13)14(16)19/h3-6,11H,7-10H2,1-2H3,(H2,16,19). The third-order valence-corrected chi connectivity index (χ3v) is 3.75. The van der Waals surface area contributed by atoms with E-state index in [-0.39, 0.29) is 5.91 Å². The highest BCUT2D eigenvalue weighted by Gasteiger charge is 2.23. The summed E-state index contributed by atoms with van der Waals surface area (Å²) in [4.78, 5) is 27.6. The van der Waals surface area contributed by atoms with Crippen LogP contribution in [0, 0.1) is 0 Å². The smallest absolute Gasteiger partial charge is 0.253 e. The molecule has 0 unspecified atom stereocenters. The number of nitrogens with two attached hydrogens (primary N) is 1. The summed E-state index contributed by atoms with van der Waals surface area (Å²) in [5, 5.41) is 0. The fraction of sp³-hybridized carbons (Fsp3) is 0.467. The maximum atomic E-state index is 12.3. The van der Waals surface area contributed by atoms with Crippen LogP contribution in [0.1, 0.15) is 34.6 Å². The van der Waals surface area contributed by atoms with Gasteiger partial charge in [-0.2, -0.15) is 0 Å². The summed E-state index contributed by atoms with van der Waals surface area (Å²) in [7, 11) is 0. The molecule has 0 spiro atoms. The number of amides is 2. The topological polar surface area (TPSA) is 66.6 Å². The highest BCUT2D eigenvalue weighted by molar-refractivity contribution is 5.97. The first-order chi connectivity index (χ1) is 9.49. The normalized spacial score (nSPS) is 16.4. The van der Waals surface area contributed by atoms with Gasteiger partial charge in [0, 0.05) is 43.3 Å². The molecule has 1 heterocycles. The van der Waals surface area contributed by atoms with Crippen molar-refractivity contribution in [2.75, 3.05) is 26.2 Å². The lowest BCUT2D eigenvalue weighted by molar-refractivity contribution is 0.0595. The first kappa shape index (κ1) is 14.5. The average Bonchev–Trinajstić information content (AvgIpc) is 2.46. The molecule has 0 aromatic heterocycles. The van der Waals surface area contributed by atoms with Gasteiger partial charge in [0.25, 0.3) is 5.91 Å². The Balaban J connectivity index is 2.00. The van der Waals surface area contributed by atoms with Crippen LogP contribution in [0.4, 0.5) is 0 Å². The van der Waals surface area contributed by atoms with Crippen LogP contribution in [-0.4, -0.2) is 53.8 Å². The molecule has 1 aromatic carbocycles. The van der Waals surface area contributed by atoms with Crippen molar-refractivity contribution in [3.63, 3.8) is 0 Å². The van der Waals surface area contributed by atoms with Crippen molar-refractivity contribution in [3.05, 3.63) is 35.4 Å². The van der Waals surface area contributed by atoms with Gasteiger partial charge in [0.2, 0.25) is 5.91 Å². The van der Waals surface area contributed by atoms with E-state index < -0.39 is 5.91 Å². The fourth-order valence-electron chi connectivity index (χ4n) is 2.40. The predicted molar refractivity (Wildman–Crippen MR) is 77.6 cm³/mol. The first-order valence-corrected chi connectivity index (χ1v) is 6.92. The van der Waals surface area contributed by atoms with Gasteiger partial charge in [-0.05, 0) is 38.1 Å². The van der Waals surface area contributed by atoms with E-state index in [0.717, 1.165) is 26.2 Å². The van der Waals surface area contributed by atoms with Crippen molar-refractivity contribution >= 4 is 11.8 Å². The maximum Gasteiger partial charge on any atom is 0.253 e. The number of carbonyl (C=O) groups excluding carboxylic acids is 2. The molecule has 0 aliphatic carbocycles. The third-order valence-electron chi connectivity index (χ3n) is 3.75. The first-order valence-electron chi connectivity index (χ1n) is 6.92. The quantitative estimate of drug-likeness (QED) is 0.893. The van der Waals surface area contributed by atoms with E-state index in [2.05, 4.69) is 18.7 Å². The molecule has 1 fully saturated rings. The Morgan fingerprint density at radius 2 is 1.50 bits per heavy atom. The monoisotopic (exact) mass is 275 g/mol. The molecule has 1 aliphatic rings. The van der Waals surface area contributed by atoms with Crippen LogP contribution in [-0.2, 0) is 0 Å². The molecule has 2 amide bonds. The maximum absolute atomic E-state index is 12.3. The number of carbonyl (C=O) groups is 2. The highest BCUT2D eigenvalue weighted by Crippen LogP contribution is 2.11. The van der Waals surface area contributed by atoms with Crippen molar-refractivity contribution in [1.82, 2.24) is 9.80 Å². The zero-order valence-corrected chi connectivity index (χ0v) is 12.0. The molecule has 1 saturated heterocycles. The van der Waals surface area contributed by atoms with E-state index in [1.165, 1.54) is 0 Å². The van der Waals surface area contributed by atoms with Crippen LogP contribution in [0.25, 0.3) is 0 Å². The minimum Gasteiger partial charge on any atom is -0.366 e. The molecule has 2 N–H and O–H groups in total. The van der Waals surface area contributed by atoms with E-state index in [0.29, 0.717) is 17.2 Å². The molecule has 108 valence electrons. The SMILES string of the molecule is CC(C)N1CCN(C(=O)c2ccc(C(N)=O)cc2)CC1. The van der Waals surface area contributed by atoms with Gasteiger partial charge in [-0.15, -0.1) is 0 Å². The zero-order valence-electron chi connectivity index (χ0n) is 12.0. The molecular weight excluding hydrogens is 254 g/mol. The zero-order chi connectivity index (χ0) is 14.7. The van der Waals surface area contributed by atoms with Crippen molar-refractivity contribution in [1.29, 1.82) is 0 Å². The Kier molecular flexibility index (Phi) is 4.39. The highest BCUT2D eigenvalue weighted by atomic mass is 16.2. The Morgan fingerprint density at radius 1 is 1.00 bits per heavy atom. The molecule has 1 aromatic rings. The van der Waals surface area contributed by atoms with Gasteiger partial charge in [0.05, 0.1) is 0 Å². The number of benzene rings is 1. The lowest BCUT2D eigenvalue weighted by Crippen LogP contribution is -2.50. The minimum absolute atomic E-state index is 0.0180. The number of hydrogen-bond donors (Lipinski definition) is 1. The number of nitrogens with zero attached hydrogens (tertiary/aromatic N) is 2. The summed E-state index contributed by atoms with van der Waals surface area (Å²) in [6.45, 7) is 7.63. The lowest BCUT2D eigenvalue weighted by Gasteiger charge is -2.37. The van der Waals surface area contributed by atoms with Gasteiger partial charge >= 0.3 is 0 Å². The van der Waals surface area contributed by atoms with E-state index >= 15 is 0 Å². The van der Waals surface area contributed by atoms with E-state index in [9.17, 15) is 9.59 Å². The van der Waals surface area contributed by atoms with E-state index in [4.69, 9.17) is 5.73 Å². The molecule has 0 bridgehead atoms. The van der Waals surface area contributed by atoms with Crippen molar-refractivity contribution in [2.45, 2.75) is 19.9 Å². The Labute approximate surface area is 119 Å². The Bertz CT molecular complexity index is 488. The summed E-state index contributed by atoms with van der Waals surface area (Å²) in [5.74, 6) is -0.459. The number of primary amides is 1. The van der Waals surface area contributed by atoms with Crippen LogP contribution in [0.2, 0.25) is 0 Å². The molecule has 0 radical (unpaired) electrons. The molecule has 0 saturated carbocycles. The van der Waals surface area contributed by atoms with Crippen molar-refractivity contribution in [2.24, 2.45) is 5.73 Å². The molecule has 2 rings (SSSR count). The third kappa shape index (κ3) is 3.17. The van der Waals surface area contributed by atoms with Crippen molar-refractivity contribution < 1.29 is 9.59 Å². The van der Waals surface area contributed by atoms with Gasteiger partial charge in [-0.3, -0.25) is 14.5 Å². The van der Waals surface area contributed by atoms with Crippen LogP contribution in [0.15, 0.2) is 24.3 Å². The second kappa shape index (κ2) is 6.05. The minimum atomic E-state index is -0.477. The van der Waals surface area contributed by atoms with Crippen LogP contribution in [0.3, 0.4) is 0 Å². The van der Waals surface area contributed by atoms with Gasteiger partial charge in [0.1, 0.15) is 0 Å². The van der Waals surface area contributed by atoms with Crippen LogP contribution >= 0.6 is 0 Å². The lowest BCUT2D eigenvalue weighted by atomic mass is 10.1. The molecule has 0 atom stereocenters. The summed E-state index contributed by atoms with van der Waals surface area (Å²) in [6, 6.07) is 7.04.